The number of rotatable bonds is 6. The summed E-state index contributed by atoms with van der Waals surface area (Å²) in [5.74, 6) is 0.370. The number of nitrogens with one attached hydrogen (secondary N) is 1. The first-order chi connectivity index (χ1) is 8.52. The molecule has 1 amide bonds. The van der Waals surface area contributed by atoms with Gasteiger partial charge in [0.25, 0.3) is 5.91 Å². The second kappa shape index (κ2) is 6.93. The molecule has 0 aliphatic heterocycles. The minimum absolute atomic E-state index is 0.168. The second-order valence-electron chi connectivity index (χ2n) is 3.65. The van der Waals surface area contributed by atoms with Crippen molar-refractivity contribution in [2.45, 2.75) is 13.0 Å². The molecule has 3 N–H and O–H groups in total. The molecule has 0 spiro atoms. The molecule has 0 aromatic heterocycles. The van der Waals surface area contributed by atoms with Gasteiger partial charge in [0.1, 0.15) is 23.4 Å². The summed E-state index contributed by atoms with van der Waals surface area (Å²) in [7, 11) is 1.48. The van der Waals surface area contributed by atoms with E-state index in [4.69, 9.17) is 27.4 Å². The predicted molar refractivity (Wildman–Crippen MR) is 73.8 cm³/mol. The van der Waals surface area contributed by atoms with Crippen LogP contribution in [0.1, 0.15) is 6.92 Å². The number of hydrogen-bond acceptors (Lipinski definition) is 4. The number of carbonyl (C=O) groups excluding carboxylic acids is 1. The van der Waals surface area contributed by atoms with E-state index in [-0.39, 0.29) is 17.5 Å². The molecule has 18 heavy (non-hydrogen) atoms. The fraction of sp³-hybridized carbons (Fsp3) is 0.333. The molecule has 1 aromatic carbocycles. The molecule has 98 valence electrons. The standard InChI is InChI=1S/C12H16N2O3S/c1-8(16-2)12(15)14-9-4-3-5-10(6-9)17-7-11(13)18/h3-6,8H,7H2,1-2H3,(H2,13,18)(H,14,15). The van der Waals surface area contributed by atoms with Crippen LogP contribution in [0.25, 0.3) is 0 Å². The number of benzene rings is 1. The molecule has 0 heterocycles. The zero-order valence-electron chi connectivity index (χ0n) is 10.3. The van der Waals surface area contributed by atoms with Crippen LogP contribution >= 0.6 is 12.2 Å². The first kappa shape index (κ1) is 14.4. The fourth-order valence-corrected chi connectivity index (χ4v) is 1.23. The van der Waals surface area contributed by atoms with Crippen LogP contribution in [0.3, 0.4) is 0 Å². The summed E-state index contributed by atoms with van der Waals surface area (Å²) >= 11 is 4.71. The minimum Gasteiger partial charge on any atom is -0.486 e. The lowest BCUT2D eigenvalue weighted by Gasteiger charge is -2.11. The summed E-state index contributed by atoms with van der Waals surface area (Å²) < 4.78 is 10.2. The molecule has 1 rings (SSSR count). The maximum atomic E-state index is 11.6. The van der Waals surface area contributed by atoms with Crippen LogP contribution in [0, 0.1) is 0 Å². The van der Waals surface area contributed by atoms with Crippen LogP contribution in [0.15, 0.2) is 24.3 Å². The van der Waals surface area contributed by atoms with Crippen molar-refractivity contribution in [3.63, 3.8) is 0 Å². The van der Waals surface area contributed by atoms with Gasteiger partial charge in [0.15, 0.2) is 0 Å². The number of amides is 1. The summed E-state index contributed by atoms with van der Waals surface area (Å²) in [5, 5.41) is 2.71. The van der Waals surface area contributed by atoms with Gasteiger partial charge in [-0.25, -0.2) is 0 Å². The molecule has 0 fully saturated rings. The highest BCUT2D eigenvalue weighted by Gasteiger charge is 2.11. The summed E-state index contributed by atoms with van der Waals surface area (Å²) in [4.78, 5) is 11.9. The number of hydrogen-bond donors (Lipinski definition) is 2. The van der Waals surface area contributed by atoms with Crippen molar-refractivity contribution in [1.29, 1.82) is 0 Å². The lowest BCUT2D eigenvalue weighted by Crippen LogP contribution is -2.26. The number of ether oxygens (including phenoxy) is 2. The molecular formula is C12H16N2O3S. The third-order valence-corrected chi connectivity index (χ3v) is 2.32. The van der Waals surface area contributed by atoms with Gasteiger partial charge in [-0.05, 0) is 19.1 Å². The van der Waals surface area contributed by atoms with Crippen LogP contribution in [0.5, 0.6) is 5.75 Å². The summed E-state index contributed by atoms with van der Waals surface area (Å²) in [6, 6.07) is 6.97. The monoisotopic (exact) mass is 268 g/mol. The van der Waals surface area contributed by atoms with E-state index >= 15 is 0 Å². The quantitative estimate of drug-likeness (QED) is 0.761. The van der Waals surface area contributed by atoms with Crippen molar-refractivity contribution in [2.24, 2.45) is 5.73 Å². The number of carbonyl (C=O) groups is 1. The maximum absolute atomic E-state index is 11.6. The van der Waals surface area contributed by atoms with E-state index in [0.29, 0.717) is 11.4 Å². The van der Waals surface area contributed by atoms with Gasteiger partial charge in [0, 0.05) is 18.9 Å². The second-order valence-corrected chi connectivity index (χ2v) is 4.17. The van der Waals surface area contributed by atoms with Gasteiger partial charge in [-0.2, -0.15) is 0 Å². The van der Waals surface area contributed by atoms with E-state index < -0.39 is 6.10 Å². The van der Waals surface area contributed by atoms with Crippen LogP contribution in [-0.4, -0.2) is 30.7 Å². The van der Waals surface area contributed by atoms with E-state index in [9.17, 15) is 4.79 Å². The Kier molecular flexibility index (Phi) is 5.54. The highest BCUT2D eigenvalue weighted by atomic mass is 32.1. The number of methoxy groups -OCH3 is 1. The van der Waals surface area contributed by atoms with Crippen molar-refractivity contribution < 1.29 is 14.3 Å². The normalized spacial score (nSPS) is 11.7. The molecule has 5 nitrogen and oxygen atoms in total. The first-order valence-electron chi connectivity index (χ1n) is 5.37. The topological polar surface area (TPSA) is 73.6 Å². The van der Waals surface area contributed by atoms with Gasteiger partial charge < -0.3 is 20.5 Å². The first-order valence-corrected chi connectivity index (χ1v) is 5.78. The number of nitrogens with two attached hydrogens (primary N) is 1. The zero-order valence-corrected chi connectivity index (χ0v) is 11.1. The van der Waals surface area contributed by atoms with Gasteiger partial charge in [0.05, 0.1) is 0 Å². The van der Waals surface area contributed by atoms with Crippen molar-refractivity contribution in [1.82, 2.24) is 0 Å². The van der Waals surface area contributed by atoms with Gasteiger partial charge in [-0.15, -0.1) is 0 Å². The Morgan fingerprint density at radius 2 is 2.28 bits per heavy atom. The summed E-state index contributed by atoms with van der Waals surface area (Å²) in [5.41, 5.74) is 5.97. The third-order valence-electron chi connectivity index (χ3n) is 2.21. The van der Waals surface area contributed by atoms with Crippen molar-refractivity contribution in [2.75, 3.05) is 19.0 Å². The Morgan fingerprint density at radius 3 is 2.89 bits per heavy atom. The molecule has 0 aliphatic rings. The van der Waals surface area contributed by atoms with Crippen LogP contribution in [-0.2, 0) is 9.53 Å². The average Bonchev–Trinajstić information content (AvgIpc) is 2.35. The average molecular weight is 268 g/mol. The third kappa shape index (κ3) is 4.68. The Bertz CT molecular complexity index is 437. The van der Waals surface area contributed by atoms with E-state index in [1.165, 1.54) is 7.11 Å². The Labute approximate surface area is 111 Å². The van der Waals surface area contributed by atoms with Crippen LogP contribution in [0.4, 0.5) is 5.69 Å². The lowest BCUT2D eigenvalue weighted by molar-refractivity contribution is -0.124. The maximum Gasteiger partial charge on any atom is 0.253 e. The van der Waals surface area contributed by atoms with E-state index in [2.05, 4.69) is 5.32 Å². The molecule has 0 bridgehead atoms. The molecular weight excluding hydrogens is 252 g/mol. The summed E-state index contributed by atoms with van der Waals surface area (Å²) in [6.45, 7) is 1.84. The fourth-order valence-electron chi connectivity index (χ4n) is 1.17. The van der Waals surface area contributed by atoms with Crippen molar-refractivity contribution in [3.05, 3.63) is 24.3 Å². The SMILES string of the molecule is COC(C)C(=O)Nc1cccc(OCC(N)=S)c1. The predicted octanol–water partition coefficient (Wildman–Crippen LogP) is 1.32. The highest BCUT2D eigenvalue weighted by molar-refractivity contribution is 7.80. The highest BCUT2D eigenvalue weighted by Crippen LogP contribution is 2.17. The Balaban J connectivity index is 2.64. The molecule has 1 unspecified atom stereocenters. The van der Waals surface area contributed by atoms with Crippen LogP contribution < -0.4 is 15.8 Å². The van der Waals surface area contributed by atoms with Gasteiger partial charge >= 0.3 is 0 Å². The molecule has 0 saturated carbocycles. The van der Waals surface area contributed by atoms with E-state index in [1.54, 1.807) is 31.2 Å². The molecule has 6 heteroatoms. The minimum atomic E-state index is -0.508. The molecule has 0 aliphatic carbocycles. The zero-order chi connectivity index (χ0) is 13.5. The van der Waals surface area contributed by atoms with Crippen molar-refractivity contribution >= 4 is 28.8 Å². The van der Waals surface area contributed by atoms with E-state index in [1.807, 2.05) is 0 Å². The molecule has 1 aromatic rings. The Morgan fingerprint density at radius 1 is 1.56 bits per heavy atom. The van der Waals surface area contributed by atoms with Gasteiger partial charge in [-0.1, -0.05) is 18.3 Å². The largest absolute Gasteiger partial charge is 0.486 e. The number of thiocarbonyl (C=S) groups is 1. The van der Waals surface area contributed by atoms with E-state index in [0.717, 1.165) is 0 Å². The van der Waals surface area contributed by atoms with Gasteiger partial charge in [-0.3, -0.25) is 4.79 Å². The van der Waals surface area contributed by atoms with Crippen LogP contribution in [0.2, 0.25) is 0 Å². The Hall–Kier alpha value is -1.66. The lowest BCUT2D eigenvalue weighted by atomic mass is 10.3. The summed E-state index contributed by atoms with van der Waals surface area (Å²) in [6.07, 6.45) is -0.508. The molecule has 0 radical (unpaired) electrons. The molecule has 0 saturated heterocycles. The molecule has 1 atom stereocenters. The van der Waals surface area contributed by atoms with Gasteiger partial charge in [0.2, 0.25) is 0 Å². The smallest absolute Gasteiger partial charge is 0.253 e. The van der Waals surface area contributed by atoms with Crippen molar-refractivity contribution in [3.8, 4) is 5.75 Å². The number of anilines is 1.